The van der Waals surface area contributed by atoms with Crippen molar-refractivity contribution in [2.75, 3.05) is 5.32 Å². The summed E-state index contributed by atoms with van der Waals surface area (Å²) < 4.78 is 0. The minimum atomic E-state index is 0.134. The number of rotatable bonds is 4. The fourth-order valence-electron chi connectivity index (χ4n) is 3.66. The topological polar surface area (TPSA) is 58.0 Å². The number of fused-ring (bicyclic) bond motifs is 1. The fraction of sp³-hybridized carbons (Fsp3) is 0.182. The Morgan fingerprint density at radius 3 is 2.67 bits per heavy atom. The second-order valence-corrected chi connectivity index (χ2v) is 8.28. The molecule has 0 saturated heterocycles. The SMILES string of the molecule is CC1(c2ccccc2)C[C@@H]1Nc1ncnc2sc(-c3ccccc3O)cc12. The fourth-order valence-corrected chi connectivity index (χ4v) is 4.70. The molecule has 1 saturated carbocycles. The largest absolute Gasteiger partial charge is 0.507 e. The Labute approximate surface area is 161 Å². The smallest absolute Gasteiger partial charge is 0.138 e. The van der Waals surface area contributed by atoms with Crippen molar-refractivity contribution in [2.24, 2.45) is 0 Å². The third-order valence-corrected chi connectivity index (χ3v) is 6.56. The summed E-state index contributed by atoms with van der Waals surface area (Å²) in [4.78, 5) is 10.8. The second kappa shape index (κ2) is 6.06. The van der Waals surface area contributed by atoms with Crippen molar-refractivity contribution in [2.45, 2.75) is 24.8 Å². The van der Waals surface area contributed by atoms with Crippen LogP contribution in [-0.2, 0) is 5.41 Å². The number of nitrogens with one attached hydrogen (secondary N) is 1. The van der Waals surface area contributed by atoms with E-state index in [0.29, 0.717) is 6.04 Å². The molecule has 5 rings (SSSR count). The van der Waals surface area contributed by atoms with Gasteiger partial charge in [-0.2, -0.15) is 0 Å². The Balaban J connectivity index is 1.48. The zero-order chi connectivity index (χ0) is 18.4. The van der Waals surface area contributed by atoms with Gasteiger partial charge in [0.05, 0.1) is 5.39 Å². The van der Waals surface area contributed by atoms with E-state index in [1.165, 1.54) is 5.56 Å². The molecule has 0 radical (unpaired) electrons. The third kappa shape index (κ3) is 2.75. The molecule has 1 unspecified atom stereocenters. The van der Waals surface area contributed by atoms with E-state index in [9.17, 15) is 5.11 Å². The van der Waals surface area contributed by atoms with Gasteiger partial charge in [-0.25, -0.2) is 9.97 Å². The number of phenolic OH excluding ortho intramolecular Hbond substituents is 1. The van der Waals surface area contributed by atoms with E-state index in [1.54, 1.807) is 23.7 Å². The molecule has 27 heavy (non-hydrogen) atoms. The molecule has 0 bridgehead atoms. The lowest BCUT2D eigenvalue weighted by Gasteiger charge is -2.13. The summed E-state index contributed by atoms with van der Waals surface area (Å²) >= 11 is 1.57. The van der Waals surface area contributed by atoms with Gasteiger partial charge in [0.25, 0.3) is 0 Å². The van der Waals surface area contributed by atoms with Crippen LogP contribution < -0.4 is 5.32 Å². The Morgan fingerprint density at radius 2 is 1.85 bits per heavy atom. The van der Waals surface area contributed by atoms with Gasteiger partial charge in [-0.3, -0.25) is 0 Å². The van der Waals surface area contributed by atoms with E-state index in [1.807, 2.05) is 18.2 Å². The van der Waals surface area contributed by atoms with Crippen LogP contribution in [0.25, 0.3) is 20.7 Å². The van der Waals surface area contributed by atoms with Crippen molar-refractivity contribution in [1.82, 2.24) is 9.97 Å². The minimum absolute atomic E-state index is 0.134. The van der Waals surface area contributed by atoms with Gasteiger partial charge >= 0.3 is 0 Å². The van der Waals surface area contributed by atoms with Crippen LogP contribution in [0.1, 0.15) is 18.9 Å². The molecule has 0 amide bonds. The first-order valence-corrected chi connectivity index (χ1v) is 9.82. The lowest BCUT2D eigenvalue weighted by molar-refractivity contribution is 0.477. The van der Waals surface area contributed by atoms with Gasteiger partial charge in [0.1, 0.15) is 22.7 Å². The van der Waals surface area contributed by atoms with Gasteiger partial charge in [0.15, 0.2) is 0 Å². The number of phenols is 1. The zero-order valence-electron chi connectivity index (χ0n) is 14.9. The number of anilines is 1. The molecular formula is C22H19N3OS. The van der Waals surface area contributed by atoms with Gasteiger partial charge in [-0.1, -0.05) is 49.4 Å². The highest BCUT2D eigenvalue weighted by molar-refractivity contribution is 7.22. The molecule has 2 aromatic carbocycles. The minimum Gasteiger partial charge on any atom is -0.507 e. The van der Waals surface area contributed by atoms with Gasteiger partial charge in [0.2, 0.25) is 0 Å². The average Bonchev–Trinajstić information content (AvgIpc) is 3.14. The number of aromatic hydroxyl groups is 1. The number of thiophene rings is 1. The Kier molecular flexibility index (Phi) is 3.65. The standard InChI is InChI=1S/C22H19N3OS/c1-22(14-7-3-2-4-8-14)12-19(22)25-20-16-11-18(27-21(16)24-13-23-20)15-9-5-6-10-17(15)26/h2-11,13,19,26H,12H2,1H3,(H,23,24,25)/t19-,22?/m0/s1. The second-order valence-electron chi connectivity index (χ2n) is 7.25. The van der Waals surface area contributed by atoms with Crippen LogP contribution in [0.15, 0.2) is 67.0 Å². The average molecular weight is 373 g/mol. The molecule has 2 aromatic heterocycles. The first kappa shape index (κ1) is 16.3. The maximum atomic E-state index is 10.2. The zero-order valence-corrected chi connectivity index (χ0v) is 15.7. The molecule has 5 heteroatoms. The van der Waals surface area contributed by atoms with E-state index in [0.717, 1.165) is 32.9 Å². The summed E-state index contributed by atoms with van der Waals surface area (Å²) in [5, 5.41) is 14.8. The summed E-state index contributed by atoms with van der Waals surface area (Å²) in [7, 11) is 0. The van der Waals surface area contributed by atoms with Crippen LogP contribution in [0.5, 0.6) is 5.75 Å². The van der Waals surface area contributed by atoms with E-state index < -0.39 is 0 Å². The van der Waals surface area contributed by atoms with E-state index >= 15 is 0 Å². The summed E-state index contributed by atoms with van der Waals surface area (Å²) in [5.41, 5.74) is 2.31. The molecule has 4 nitrogen and oxygen atoms in total. The molecule has 2 N–H and O–H groups in total. The van der Waals surface area contributed by atoms with Crippen molar-refractivity contribution in [1.29, 1.82) is 0 Å². The van der Waals surface area contributed by atoms with Crippen molar-refractivity contribution in [3.05, 3.63) is 72.6 Å². The van der Waals surface area contributed by atoms with Crippen molar-refractivity contribution in [3.8, 4) is 16.2 Å². The maximum Gasteiger partial charge on any atom is 0.138 e. The molecule has 134 valence electrons. The van der Waals surface area contributed by atoms with Crippen LogP contribution in [-0.4, -0.2) is 21.1 Å². The highest BCUT2D eigenvalue weighted by atomic mass is 32.1. The van der Waals surface area contributed by atoms with Gasteiger partial charge in [-0.05, 0) is 30.2 Å². The lowest BCUT2D eigenvalue weighted by atomic mass is 9.97. The van der Waals surface area contributed by atoms with Crippen molar-refractivity contribution >= 4 is 27.4 Å². The quantitative estimate of drug-likeness (QED) is 0.516. The van der Waals surface area contributed by atoms with Crippen molar-refractivity contribution in [3.63, 3.8) is 0 Å². The summed E-state index contributed by atoms with van der Waals surface area (Å²) in [6.07, 6.45) is 2.69. The molecule has 1 fully saturated rings. The molecule has 4 aromatic rings. The number of benzene rings is 2. The summed E-state index contributed by atoms with van der Waals surface area (Å²) in [6.45, 7) is 2.29. The Morgan fingerprint density at radius 1 is 1.07 bits per heavy atom. The molecule has 1 aliphatic rings. The molecule has 0 spiro atoms. The van der Waals surface area contributed by atoms with Crippen LogP contribution in [0, 0.1) is 0 Å². The highest BCUT2D eigenvalue weighted by Gasteiger charge is 2.51. The lowest BCUT2D eigenvalue weighted by Crippen LogP contribution is -2.15. The highest BCUT2D eigenvalue weighted by Crippen LogP contribution is 2.50. The summed E-state index contributed by atoms with van der Waals surface area (Å²) in [6, 6.07) is 20.4. The third-order valence-electron chi connectivity index (χ3n) is 5.48. The van der Waals surface area contributed by atoms with Crippen LogP contribution in [0.3, 0.4) is 0 Å². The van der Waals surface area contributed by atoms with E-state index in [-0.39, 0.29) is 11.2 Å². The number of hydrogen-bond donors (Lipinski definition) is 2. The van der Waals surface area contributed by atoms with Crippen LogP contribution in [0.4, 0.5) is 5.82 Å². The van der Waals surface area contributed by atoms with Gasteiger partial charge in [-0.15, -0.1) is 11.3 Å². The number of para-hydroxylation sites is 1. The van der Waals surface area contributed by atoms with E-state index in [2.05, 4.69) is 58.6 Å². The molecule has 2 heterocycles. The molecule has 2 atom stereocenters. The molecule has 0 aliphatic heterocycles. The maximum absolute atomic E-state index is 10.2. The van der Waals surface area contributed by atoms with E-state index in [4.69, 9.17) is 0 Å². The first-order valence-electron chi connectivity index (χ1n) is 9.00. The monoisotopic (exact) mass is 373 g/mol. The number of nitrogens with zero attached hydrogens (tertiary/aromatic N) is 2. The summed E-state index contributed by atoms with van der Waals surface area (Å²) in [5.74, 6) is 1.15. The number of aromatic nitrogens is 2. The molecular weight excluding hydrogens is 354 g/mol. The Hall–Kier alpha value is -2.92. The molecule has 1 aliphatic carbocycles. The number of hydrogen-bond acceptors (Lipinski definition) is 5. The van der Waals surface area contributed by atoms with Crippen molar-refractivity contribution < 1.29 is 5.11 Å². The first-order chi connectivity index (χ1) is 13.1. The predicted molar refractivity (Wildman–Crippen MR) is 110 cm³/mol. The van der Waals surface area contributed by atoms with Gasteiger partial charge in [0, 0.05) is 21.9 Å². The predicted octanol–water partition coefficient (Wildman–Crippen LogP) is 5.21. The van der Waals surface area contributed by atoms with Crippen LogP contribution in [0.2, 0.25) is 0 Å². The van der Waals surface area contributed by atoms with Gasteiger partial charge < -0.3 is 10.4 Å². The Bertz CT molecular complexity index is 1120. The van der Waals surface area contributed by atoms with Crippen LogP contribution >= 0.6 is 11.3 Å². The normalized spacial score (nSPS) is 21.3.